The molecule has 0 aliphatic rings. The number of amidine groups is 1. The number of rotatable bonds is 8. The van der Waals surface area contributed by atoms with Crippen molar-refractivity contribution in [3.8, 4) is 0 Å². The van der Waals surface area contributed by atoms with Crippen molar-refractivity contribution in [2.24, 2.45) is 5.73 Å². The summed E-state index contributed by atoms with van der Waals surface area (Å²) in [5.41, 5.74) is 6.58. The van der Waals surface area contributed by atoms with Crippen LogP contribution in [0.3, 0.4) is 0 Å². The number of anilines is 1. The van der Waals surface area contributed by atoms with Crippen LogP contribution in [0, 0.1) is 5.41 Å². The zero-order valence-corrected chi connectivity index (χ0v) is 12.9. The van der Waals surface area contributed by atoms with Crippen LogP contribution in [-0.2, 0) is 13.0 Å². The Morgan fingerprint density at radius 1 is 1.48 bits per heavy atom. The Morgan fingerprint density at radius 3 is 3.00 bits per heavy atom. The van der Waals surface area contributed by atoms with E-state index in [2.05, 4.69) is 26.2 Å². The smallest absolute Gasteiger partial charge is 0.205 e. The number of pyridine rings is 1. The van der Waals surface area contributed by atoms with Crippen molar-refractivity contribution in [3.05, 3.63) is 35.9 Å². The van der Waals surface area contributed by atoms with Crippen LogP contribution in [0.15, 0.2) is 24.5 Å². The Hall–Kier alpha value is -2.02. The molecule has 0 aliphatic carbocycles. The zero-order chi connectivity index (χ0) is 15.1. The largest absolute Gasteiger partial charge is 0.388 e. The van der Waals surface area contributed by atoms with Crippen molar-refractivity contribution < 1.29 is 0 Å². The van der Waals surface area contributed by atoms with Gasteiger partial charge in [-0.25, -0.2) is 4.98 Å². The van der Waals surface area contributed by atoms with Crippen LogP contribution in [-0.4, -0.2) is 26.7 Å². The van der Waals surface area contributed by atoms with Crippen molar-refractivity contribution in [3.63, 3.8) is 0 Å². The van der Waals surface area contributed by atoms with E-state index in [9.17, 15) is 0 Å². The summed E-state index contributed by atoms with van der Waals surface area (Å²) in [6.07, 6.45) is 6.04. The quantitative estimate of drug-likeness (QED) is 0.576. The van der Waals surface area contributed by atoms with Crippen molar-refractivity contribution in [1.82, 2.24) is 14.3 Å². The van der Waals surface area contributed by atoms with E-state index < -0.39 is 0 Å². The van der Waals surface area contributed by atoms with Crippen LogP contribution in [0.1, 0.15) is 31.2 Å². The van der Waals surface area contributed by atoms with Gasteiger partial charge >= 0.3 is 0 Å². The number of hydrogen-bond donors (Lipinski definition) is 2. The summed E-state index contributed by atoms with van der Waals surface area (Å²) in [7, 11) is 0. The maximum Gasteiger partial charge on any atom is 0.205 e. The van der Waals surface area contributed by atoms with Gasteiger partial charge < -0.3 is 10.6 Å². The number of aryl methyl sites for hydroxylation is 1. The van der Waals surface area contributed by atoms with Gasteiger partial charge in [0, 0.05) is 49.9 Å². The average Bonchev–Trinajstić information content (AvgIpc) is 2.93. The molecule has 7 heteroatoms. The monoisotopic (exact) mass is 304 g/mol. The van der Waals surface area contributed by atoms with E-state index in [1.54, 1.807) is 6.20 Å². The van der Waals surface area contributed by atoms with Gasteiger partial charge in [0.05, 0.1) is 5.84 Å². The van der Waals surface area contributed by atoms with E-state index in [1.165, 1.54) is 11.5 Å². The third kappa shape index (κ3) is 4.78. The lowest BCUT2D eigenvalue weighted by molar-refractivity contribution is 0.784. The van der Waals surface area contributed by atoms with Gasteiger partial charge in [-0.15, -0.1) is 0 Å². The molecule has 2 rings (SSSR count). The maximum atomic E-state index is 7.41. The van der Waals surface area contributed by atoms with Gasteiger partial charge in [-0.3, -0.25) is 10.4 Å². The lowest BCUT2D eigenvalue weighted by Crippen LogP contribution is -2.27. The van der Waals surface area contributed by atoms with Gasteiger partial charge in [0.2, 0.25) is 5.13 Å². The van der Waals surface area contributed by atoms with E-state index in [4.69, 9.17) is 11.1 Å². The van der Waals surface area contributed by atoms with E-state index in [0.717, 1.165) is 29.4 Å². The Labute approximate surface area is 128 Å². The van der Waals surface area contributed by atoms with Gasteiger partial charge in [-0.2, -0.15) is 4.37 Å². The first-order chi connectivity index (χ1) is 10.2. The molecule has 0 fully saturated rings. The Bertz CT molecular complexity index is 568. The second kappa shape index (κ2) is 7.68. The van der Waals surface area contributed by atoms with Crippen LogP contribution < -0.4 is 10.6 Å². The lowest BCUT2D eigenvalue weighted by Gasteiger charge is -2.21. The van der Waals surface area contributed by atoms with Gasteiger partial charge in [0.15, 0.2) is 0 Å². The minimum atomic E-state index is 0.185. The van der Waals surface area contributed by atoms with Gasteiger partial charge in [0.1, 0.15) is 5.82 Å². The van der Waals surface area contributed by atoms with Gasteiger partial charge in [-0.1, -0.05) is 13.0 Å². The van der Waals surface area contributed by atoms with Crippen LogP contribution in [0.2, 0.25) is 0 Å². The molecule has 0 aromatic carbocycles. The molecule has 2 heterocycles. The molecule has 0 amide bonds. The summed E-state index contributed by atoms with van der Waals surface area (Å²) in [5.74, 6) is 1.07. The molecule has 0 aliphatic heterocycles. The molecular formula is C14H20N6S. The molecule has 0 radical (unpaired) electrons. The zero-order valence-electron chi connectivity index (χ0n) is 12.1. The number of nitrogens with two attached hydrogens (primary N) is 1. The first-order valence-corrected chi connectivity index (χ1v) is 7.75. The number of nitrogens with one attached hydrogen (secondary N) is 1. The molecule has 0 spiro atoms. The highest BCUT2D eigenvalue weighted by Crippen LogP contribution is 2.20. The minimum absolute atomic E-state index is 0.185. The standard InChI is InChI=1S/C14H20N6S/c1-2-4-13-18-14(21-19-13)20(8-6-12(15)16)10-11-5-3-7-17-9-11/h3,5,7,9H,2,4,6,8,10H2,1H3,(H3,15,16). The molecule has 112 valence electrons. The summed E-state index contributed by atoms with van der Waals surface area (Å²) >= 11 is 1.40. The molecule has 0 atom stereocenters. The maximum absolute atomic E-state index is 7.41. The van der Waals surface area contributed by atoms with Crippen molar-refractivity contribution in [2.45, 2.75) is 32.7 Å². The summed E-state index contributed by atoms with van der Waals surface area (Å²) in [5, 5.41) is 8.29. The molecule has 2 aromatic heterocycles. The van der Waals surface area contributed by atoms with Crippen LogP contribution in [0.5, 0.6) is 0 Å². The summed E-state index contributed by atoms with van der Waals surface area (Å²) < 4.78 is 4.38. The van der Waals surface area contributed by atoms with E-state index in [0.29, 0.717) is 19.5 Å². The molecule has 0 bridgehead atoms. The molecule has 0 saturated carbocycles. The normalized spacial score (nSPS) is 10.5. The first-order valence-electron chi connectivity index (χ1n) is 6.98. The number of aromatic nitrogens is 3. The van der Waals surface area contributed by atoms with Gasteiger partial charge in [-0.05, 0) is 18.1 Å². The third-order valence-corrected chi connectivity index (χ3v) is 3.76. The number of hydrogen-bond acceptors (Lipinski definition) is 6. The topological polar surface area (TPSA) is 91.8 Å². The average molecular weight is 304 g/mol. The summed E-state index contributed by atoms with van der Waals surface area (Å²) in [6, 6.07) is 3.95. The lowest BCUT2D eigenvalue weighted by atomic mass is 10.2. The predicted octanol–water partition coefficient (Wildman–Crippen LogP) is 2.22. The van der Waals surface area contributed by atoms with Crippen LogP contribution >= 0.6 is 11.5 Å². The Balaban J connectivity index is 2.12. The van der Waals surface area contributed by atoms with Crippen molar-refractivity contribution in [2.75, 3.05) is 11.4 Å². The van der Waals surface area contributed by atoms with Crippen molar-refractivity contribution >= 4 is 22.5 Å². The van der Waals surface area contributed by atoms with Crippen LogP contribution in [0.25, 0.3) is 0 Å². The summed E-state index contributed by atoms with van der Waals surface area (Å²) in [6.45, 7) is 3.47. The third-order valence-electron chi connectivity index (χ3n) is 2.95. The SMILES string of the molecule is CCCc1nsc(N(CCC(=N)N)Cc2cccnc2)n1. The van der Waals surface area contributed by atoms with E-state index in [1.807, 2.05) is 18.3 Å². The first kappa shape index (κ1) is 15.4. The highest BCUT2D eigenvalue weighted by atomic mass is 32.1. The molecule has 0 unspecified atom stereocenters. The molecule has 2 aromatic rings. The van der Waals surface area contributed by atoms with Crippen LogP contribution in [0.4, 0.5) is 5.13 Å². The molecule has 0 saturated heterocycles. The second-order valence-corrected chi connectivity index (χ2v) is 5.53. The molecular weight excluding hydrogens is 284 g/mol. The Kier molecular flexibility index (Phi) is 5.62. The summed E-state index contributed by atoms with van der Waals surface area (Å²) in [4.78, 5) is 10.8. The molecule has 6 nitrogen and oxygen atoms in total. The highest BCUT2D eigenvalue weighted by Gasteiger charge is 2.13. The number of nitrogens with zero attached hydrogens (tertiary/aromatic N) is 4. The molecule has 21 heavy (non-hydrogen) atoms. The van der Waals surface area contributed by atoms with E-state index >= 15 is 0 Å². The minimum Gasteiger partial charge on any atom is -0.388 e. The predicted molar refractivity (Wildman–Crippen MR) is 85.7 cm³/mol. The highest BCUT2D eigenvalue weighted by molar-refractivity contribution is 7.09. The fourth-order valence-corrected chi connectivity index (χ4v) is 2.64. The second-order valence-electron chi connectivity index (χ2n) is 4.80. The van der Waals surface area contributed by atoms with E-state index in [-0.39, 0.29) is 5.84 Å². The fourth-order valence-electron chi connectivity index (χ4n) is 1.91. The molecule has 3 N–H and O–H groups in total. The fraction of sp³-hybridized carbons (Fsp3) is 0.429. The Morgan fingerprint density at radius 2 is 2.33 bits per heavy atom. The van der Waals surface area contributed by atoms with Gasteiger partial charge in [0.25, 0.3) is 0 Å². The van der Waals surface area contributed by atoms with Crippen molar-refractivity contribution in [1.29, 1.82) is 5.41 Å².